The van der Waals surface area contributed by atoms with Gasteiger partial charge in [-0.2, -0.15) is 0 Å². The Bertz CT molecular complexity index is 309. The summed E-state index contributed by atoms with van der Waals surface area (Å²) in [6.07, 6.45) is 3.91. The second-order valence-electron chi connectivity index (χ2n) is 4.66. The number of hydrogen-bond acceptors (Lipinski definition) is 4. The van der Waals surface area contributed by atoms with E-state index in [-0.39, 0.29) is 29.9 Å². The highest BCUT2D eigenvalue weighted by Crippen LogP contribution is 2.12. The van der Waals surface area contributed by atoms with Crippen LogP contribution in [0.4, 0.5) is 0 Å². The van der Waals surface area contributed by atoms with Crippen molar-refractivity contribution in [3.8, 4) is 0 Å². The highest BCUT2D eigenvalue weighted by Gasteiger charge is 2.15. The van der Waals surface area contributed by atoms with Gasteiger partial charge in [0.1, 0.15) is 15.6 Å². The van der Waals surface area contributed by atoms with Gasteiger partial charge in [-0.05, 0) is 19.8 Å². The minimum Gasteiger partial charge on any atom is -0.328 e. The van der Waals surface area contributed by atoms with Crippen LogP contribution in [0, 0.1) is 5.92 Å². The zero-order valence-electron chi connectivity index (χ0n) is 10.4. The van der Waals surface area contributed by atoms with Crippen LogP contribution in [0.25, 0.3) is 0 Å². The van der Waals surface area contributed by atoms with Crippen molar-refractivity contribution in [2.75, 3.05) is 12.0 Å². The topological polar surface area (TPSA) is 77.2 Å². The first-order chi connectivity index (χ1) is 7.22. The molecule has 4 nitrogen and oxygen atoms in total. The van der Waals surface area contributed by atoms with Gasteiger partial charge in [0.25, 0.3) is 0 Å². The van der Waals surface area contributed by atoms with E-state index in [1.54, 1.807) is 0 Å². The van der Waals surface area contributed by atoms with E-state index in [9.17, 15) is 13.2 Å². The number of Topliss-reactive ketones (excluding diaryl/α,β-unsaturated/α-hetero) is 1. The van der Waals surface area contributed by atoms with Crippen LogP contribution in [0.1, 0.15) is 39.5 Å². The van der Waals surface area contributed by atoms with E-state index in [1.165, 1.54) is 0 Å². The maximum atomic E-state index is 11.6. The first kappa shape index (κ1) is 15.6. The summed E-state index contributed by atoms with van der Waals surface area (Å²) >= 11 is 0. The van der Waals surface area contributed by atoms with Crippen LogP contribution in [-0.2, 0) is 14.6 Å². The second kappa shape index (κ2) is 7.01. The molecule has 5 heteroatoms. The van der Waals surface area contributed by atoms with Crippen molar-refractivity contribution >= 4 is 15.6 Å². The Labute approximate surface area is 98.5 Å². The van der Waals surface area contributed by atoms with Gasteiger partial charge in [-0.25, -0.2) is 8.42 Å². The van der Waals surface area contributed by atoms with Crippen LogP contribution in [-0.4, -0.2) is 32.3 Å². The molecule has 0 fully saturated rings. The summed E-state index contributed by atoms with van der Waals surface area (Å²) < 4.78 is 21.8. The molecule has 0 saturated carbocycles. The molecule has 0 radical (unpaired) electrons. The zero-order chi connectivity index (χ0) is 12.8. The lowest BCUT2D eigenvalue weighted by molar-refractivity contribution is -0.122. The molecule has 16 heavy (non-hydrogen) atoms. The number of ketones is 1. The molecule has 0 aromatic carbocycles. The number of rotatable bonds is 8. The predicted molar refractivity (Wildman–Crippen MR) is 66.0 cm³/mol. The van der Waals surface area contributed by atoms with Gasteiger partial charge in [-0.1, -0.05) is 13.3 Å². The van der Waals surface area contributed by atoms with Crippen molar-refractivity contribution in [2.45, 2.75) is 45.6 Å². The largest absolute Gasteiger partial charge is 0.328 e. The lowest BCUT2D eigenvalue weighted by Crippen LogP contribution is -2.18. The second-order valence-corrected chi connectivity index (χ2v) is 6.92. The standard InChI is InChI=1S/C11H23NO3S/c1-9(5-4-6-10(2)12)11(13)7-8-16(3,14)15/h9-10H,4-8,12H2,1-3H3. The van der Waals surface area contributed by atoms with Crippen LogP contribution in [0.2, 0.25) is 0 Å². The summed E-state index contributed by atoms with van der Waals surface area (Å²) in [5, 5.41) is 0. The molecule has 0 aromatic rings. The van der Waals surface area contributed by atoms with Crippen LogP contribution in [0.15, 0.2) is 0 Å². The zero-order valence-corrected chi connectivity index (χ0v) is 11.2. The fourth-order valence-corrected chi connectivity index (χ4v) is 2.01. The molecule has 0 amide bonds. The summed E-state index contributed by atoms with van der Waals surface area (Å²) in [4.78, 5) is 11.6. The fraction of sp³-hybridized carbons (Fsp3) is 0.909. The van der Waals surface area contributed by atoms with Gasteiger partial charge in [0.15, 0.2) is 0 Å². The van der Waals surface area contributed by atoms with Crippen molar-refractivity contribution in [1.82, 2.24) is 0 Å². The molecule has 0 saturated heterocycles. The average Bonchev–Trinajstić information content (AvgIpc) is 2.12. The molecule has 0 heterocycles. The smallest absolute Gasteiger partial charge is 0.147 e. The molecule has 2 atom stereocenters. The van der Waals surface area contributed by atoms with Gasteiger partial charge in [0.2, 0.25) is 0 Å². The van der Waals surface area contributed by atoms with Gasteiger partial charge in [-0.3, -0.25) is 4.79 Å². The van der Waals surface area contributed by atoms with Gasteiger partial charge in [0, 0.05) is 24.6 Å². The monoisotopic (exact) mass is 249 g/mol. The highest BCUT2D eigenvalue weighted by molar-refractivity contribution is 7.90. The minimum absolute atomic E-state index is 0.0371. The van der Waals surface area contributed by atoms with Crippen LogP contribution >= 0.6 is 0 Å². The summed E-state index contributed by atoms with van der Waals surface area (Å²) in [6.45, 7) is 3.79. The predicted octanol–water partition coefficient (Wildman–Crippen LogP) is 1.14. The van der Waals surface area contributed by atoms with Crippen molar-refractivity contribution in [3.63, 3.8) is 0 Å². The van der Waals surface area contributed by atoms with E-state index in [1.807, 2.05) is 13.8 Å². The van der Waals surface area contributed by atoms with Crippen LogP contribution in [0.3, 0.4) is 0 Å². The maximum Gasteiger partial charge on any atom is 0.147 e. The molecule has 0 aliphatic heterocycles. The molecule has 2 unspecified atom stereocenters. The Kier molecular flexibility index (Phi) is 6.83. The van der Waals surface area contributed by atoms with Gasteiger partial charge >= 0.3 is 0 Å². The van der Waals surface area contributed by atoms with Crippen molar-refractivity contribution in [1.29, 1.82) is 0 Å². The van der Waals surface area contributed by atoms with E-state index >= 15 is 0 Å². The summed E-state index contributed by atoms with van der Waals surface area (Å²) in [6, 6.07) is 0.165. The first-order valence-electron chi connectivity index (χ1n) is 5.68. The van der Waals surface area contributed by atoms with Crippen LogP contribution in [0.5, 0.6) is 0 Å². The third-order valence-corrected chi connectivity index (χ3v) is 3.51. The van der Waals surface area contributed by atoms with E-state index < -0.39 is 9.84 Å². The van der Waals surface area contributed by atoms with E-state index in [0.717, 1.165) is 25.5 Å². The first-order valence-corrected chi connectivity index (χ1v) is 7.74. The molecule has 96 valence electrons. The number of carbonyl (C=O) groups is 1. The highest BCUT2D eigenvalue weighted by atomic mass is 32.2. The average molecular weight is 249 g/mol. The quantitative estimate of drug-likeness (QED) is 0.700. The molecule has 2 N–H and O–H groups in total. The Morgan fingerprint density at radius 1 is 1.25 bits per heavy atom. The molecule has 0 aromatic heterocycles. The molecular formula is C11H23NO3S. The summed E-state index contributed by atoms with van der Waals surface area (Å²) in [7, 11) is -3.03. The third-order valence-electron chi connectivity index (χ3n) is 2.57. The van der Waals surface area contributed by atoms with Gasteiger partial charge < -0.3 is 5.73 Å². The minimum atomic E-state index is -3.03. The van der Waals surface area contributed by atoms with Gasteiger partial charge in [-0.15, -0.1) is 0 Å². The van der Waals surface area contributed by atoms with Crippen molar-refractivity contribution in [2.24, 2.45) is 11.7 Å². The van der Waals surface area contributed by atoms with Crippen molar-refractivity contribution < 1.29 is 13.2 Å². The Morgan fingerprint density at radius 3 is 2.25 bits per heavy atom. The van der Waals surface area contributed by atoms with E-state index in [0.29, 0.717) is 0 Å². The summed E-state index contributed by atoms with van der Waals surface area (Å²) in [5.74, 6) is -0.0562. The SMILES string of the molecule is CC(N)CCCC(C)C(=O)CCS(C)(=O)=O. The summed E-state index contributed by atoms with van der Waals surface area (Å²) in [5.41, 5.74) is 5.61. The molecule has 0 bridgehead atoms. The lowest BCUT2D eigenvalue weighted by atomic mass is 9.97. The normalized spacial score (nSPS) is 15.8. The number of carbonyl (C=O) groups excluding carboxylic acids is 1. The Morgan fingerprint density at radius 2 is 1.81 bits per heavy atom. The van der Waals surface area contributed by atoms with Crippen LogP contribution < -0.4 is 5.73 Å². The Balaban J connectivity index is 3.82. The molecule has 0 aliphatic rings. The maximum absolute atomic E-state index is 11.6. The van der Waals surface area contributed by atoms with Crippen molar-refractivity contribution in [3.05, 3.63) is 0 Å². The lowest BCUT2D eigenvalue weighted by Gasteiger charge is -2.10. The molecule has 0 aliphatic carbocycles. The molecule has 0 spiro atoms. The third kappa shape index (κ3) is 8.85. The number of hydrogen-bond donors (Lipinski definition) is 1. The fourth-order valence-electron chi connectivity index (χ4n) is 1.44. The number of sulfone groups is 1. The molecular weight excluding hydrogens is 226 g/mol. The van der Waals surface area contributed by atoms with E-state index in [4.69, 9.17) is 5.73 Å². The molecule has 0 rings (SSSR count). The van der Waals surface area contributed by atoms with E-state index in [2.05, 4.69) is 0 Å². The number of nitrogens with two attached hydrogens (primary N) is 1. The van der Waals surface area contributed by atoms with Gasteiger partial charge in [0.05, 0.1) is 5.75 Å². The Hall–Kier alpha value is -0.420.